The molecule has 5 atom stereocenters. The summed E-state index contributed by atoms with van der Waals surface area (Å²) in [6.07, 6.45) is 11.1. The Morgan fingerprint density at radius 3 is 2.62 bits per heavy atom. The van der Waals surface area contributed by atoms with Crippen LogP contribution in [0.15, 0.2) is 25.3 Å². The van der Waals surface area contributed by atoms with Crippen LogP contribution in [0.25, 0.3) is 0 Å². The van der Waals surface area contributed by atoms with Crippen molar-refractivity contribution in [2.75, 3.05) is 32.8 Å². The molecule has 1 spiro atoms. The second-order valence-corrected chi connectivity index (χ2v) is 10.9. The fourth-order valence-electron chi connectivity index (χ4n) is 6.50. The van der Waals surface area contributed by atoms with Crippen LogP contribution < -0.4 is 0 Å². The third-order valence-electron chi connectivity index (χ3n) is 8.31. The minimum Gasteiger partial charge on any atom is -0.465 e. The van der Waals surface area contributed by atoms with Gasteiger partial charge in [-0.05, 0) is 64.7 Å². The van der Waals surface area contributed by atoms with Crippen molar-refractivity contribution < 1.29 is 29.0 Å². The number of likely N-dealkylation sites (tertiary alicyclic amines) is 1. The smallest absolute Gasteiger partial charge is 0.312 e. The summed E-state index contributed by atoms with van der Waals surface area (Å²) in [4.78, 5) is 44.9. The normalized spacial score (nSPS) is 29.9. The molecule has 3 heterocycles. The molecule has 208 valence electrons. The van der Waals surface area contributed by atoms with Gasteiger partial charge in [0.15, 0.2) is 0 Å². The van der Waals surface area contributed by atoms with Crippen LogP contribution in [-0.4, -0.2) is 82.8 Å². The van der Waals surface area contributed by atoms with E-state index in [1.165, 1.54) is 0 Å². The Kier molecular flexibility index (Phi) is 10.4. The Bertz CT molecular complexity index is 846. The molecule has 3 aliphatic rings. The Morgan fingerprint density at radius 1 is 1.16 bits per heavy atom. The Labute approximate surface area is 222 Å². The summed E-state index contributed by atoms with van der Waals surface area (Å²) in [5, 5.41) is 9.20. The topological polar surface area (TPSA) is 96.4 Å². The van der Waals surface area contributed by atoms with Gasteiger partial charge in [0.2, 0.25) is 11.8 Å². The van der Waals surface area contributed by atoms with Gasteiger partial charge in [0, 0.05) is 26.2 Å². The fourth-order valence-corrected chi connectivity index (χ4v) is 6.50. The third kappa shape index (κ3) is 5.80. The number of aliphatic hydroxyl groups is 1. The maximum absolute atomic E-state index is 14.1. The number of ether oxygens (including phenoxy) is 2. The van der Waals surface area contributed by atoms with Crippen molar-refractivity contribution in [3.63, 3.8) is 0 Å². The van der Waals surface area contributed by atoms with E-state index in [0.717, 1.165) is 38.5 Å². The number of hydrogen-bond acceptors (Lipinski definition) is 6. The van der Waals surface area contributed by atoms with Crippen LogP contribution in [0.1, 0.15) is 78.1 Å². The summed E-state index contributed by atoms with van der Waals surface area (Å²) in [6.45, 7) is 13.3. The molecule has 0 saturated carbocycles. The summed E-state index contributed by atoms with van der Waals surface area (Å²) in [6, 6.07) is -0.775. The predicted molar refractivity (Wildman–Crippen MR) is 142 cm³/mol. The number of unbranched alkanes of at least 4 members (excludes halogenated alkanes) is 5. The molecular weight excluding hydrogens is 472 g/mol. The molecular formula is C29H46N2O6. The number of carbonyl (C=O) groups is 3. The molecule has 0 radical (unpaired) electrons. The number of amides is 2. The molecule has 8 heteroatoms. The highest BCUT2D eigenvalue weighted by Gasteiger charge is 2.78. The monoisotopic (exact) mass is 518 g/mol. The van der Waals surface area contributed by atoms with Crippen molar-refractivity contribution in [2.45, 2.75) is 95.3 Å². The quantitative estimate of drug-likeness (QED) is 0.179. The second-order valence-electron chi connectivity index (χ2n) is 10.9. The third-order valence-corrected chi connectivity index (χ3v) is 8.31. The maximum atomic E-state index is 14.1. The Balaban J connectivity index is 1.90. The van der Waals surface area contributed by atoms with Crippen molar-refractivity contribution in [1.82, 2.24) is 9.80 Å². The summed E-state index contributed by atoms with van der Waals surface area (Å²) < 4.78 is 12.3. The van der Waals surface area contributed by atoms with Gasteiger partial charge in [0.25, 0.3) is 0 Å². The molecule has 0 aliphatic carbocycles. The summed E-state index contributed by atoms with van der Waals surface area (Å²) in [5.74, 6) is -2.17. The Morgan fingerprint density at radius 2 is 1.95 bits per heavy atom. The number of aliphatic hydroxyl groups excluding tert-OH is 1. The van der Waals surface area contributed by atoms with Crippen molar-refractivity contribution in [1.29, 1.82) is 0 Å². The molecule has 0 aromatic carbocycles. The van der Waals surface area contributed by atoms with Crippen LogP contribution in [0, 0.1) is 11.8 Å². The van der Waals surface area contributed by atoms with E-state index >= 15 is 0 Å². The number of carbonyl (C=O) groups excluding carboxylic acids is 3. The highest BCUT2D eigenvalue weighted by Crippen LogP contribution is 2.63. The van der Waals surface area contributed by atoms with Crippen LogP contribution in [0.2, 0.25) is 0 Å². The highest BCUT2D eigenvalue weighted by atomic mass is 16.6. The molecule has 3 saturated heterocycles. The lowest BCUT2D eigenvalue weighted by Gasteiger charge is -2.37. The van der Waals surface area contributed by atoms with Crippen molar-refractivity contribution in [2.24, 2.45) is 11.8 Å². The lowest BCUT2D eigenvalue weighted by molar-refractivity contribution is -0.160. The lowest BCUT2D eigenvalue weighted by atomic mass is 9.66. The van der Waals surface area contributed by atoms with E-state index in [-0.39, 0.29) is 18.4 Å². The first-order valence-corrected chi connectivity index (χ1v) is 14.1. The van der Waals surface area contributed by atoms with Gasteiger partial charge in [-0.2, -0.15) is 0 Å². The minimum absolute atomic E-state index is 0.0924. The largest absolute Gasteiger partial charge is 0.465 e. The summed E-state index contributed by atoms with van der Waals surface area (Å²) in [7, 11) is 0. The zero-order valence-electron chi connectivity index (χ0n) is 22.8. The zero-order chi connectivity index (χ0) is 27.1. The van der Waals surface area contributed by atoms with Crippen molar-refractivity contribution >= 4 is 17.8 Å². The van der Waals surface area contributed by atoms with Gasteiger partial charge >= 0.3 is 5.97 Å². The molecule has 8 nitrogen and oxygen atoms in total. The van der Waals surface area contributed by atoms with Gasteiger partial charge in [-0.25, -0.2) is 0 Å². The average Bonchev–Trinajstić information content (AvgIpc) is 3.44. The number of rotatable bonds is 17. The van der Waals surface area contributed by atoms with E-state index in [1.807, 2.05) is 13.0 Å². The zero-order valence-corrected chi connectivity index (χ0v) is 22.8. The molecule has 0 aromatic rings. The first-order chi connectivity index (χ1) is 17.8. The summed E-state index contributed by atoms with van der Waals surface area (Å²) in [5.41, 5.74) is -1.86. The molecule has 2 unspecified atom stereocenters. The standard InChI is InChI=1S/C29H46N2O6/c1-5-8-10-14-21-36-27(35)23-22-25(33)31(19-12-11-13-20-32)24(29(22)16-15-28(23,4)37-29)26(34)30(17-7-3)18-9-6-2/h5,7,22-24,32H,1,3,6,8-21H2,2,4H3/t22-,23+,24?,28-,29?/m0/s1. The van der Waals surface area contributed by atoms with Gasteiger partial charge in [0.05, 0.1) is 18.1 Å². The maximum Gasteiger partial charge on any atom is 0.312 e. The first kappa shape index (κ1) is 29.4. The molecule has 3 aliphatic heterocycles. The minimum atomic E-state index is -1.03. The van der Waals surface area contributed by atoms with E-state index in [4.69, 9.17) is 9.47 Å². The number of allylic oxidation sites excluding steroid dienone is 1. The molecule has 2 amide bonds. The van der Waals surface area contributed by atoms with E-state index in [1.54, 1.807) is 15.9 Å². The van der Waals surface area contributed by atoms with E-state index in [0.29, 0.717) is 51.9 Å². The van der Waals surface area contributed by atoms with Crippen molar-refractivity contribution in [3.05, 3.63) is 25.3 Å². The summed E-state index contributed by atoms with van der Waals surface area (Å²) >= 11 is 0. The van der Waals surface area contributed by atoms with E-state index in [2.05, 4.69) is 20.1 Å². The van der Waals surface area contributed by atoms with Crippen LogP contribution >= 0.6 is 0 Å². The van der Waals surface area contributed by atoms with Crippen molar-refractivity contribution in [3.8, 4) is 0 Å². The lowest BCUT2D eigenvalue weighted by Crippen LogP contribution is -2.56. The van der Waals surface area contributed by atoms with Gasteiger partial charge < -0.3 is 24.4 Å². The fraction of sp³-hybridized carbons (Fsp3) is 0.759. The molecule has 37 heavy (non-hydrogen) atoms. The first-order valence-electron chi connectivity index (χ1n) is 14.1. The molecule has 3 rings (SSSR count). The number of esters is 1. The van der Waals surface area contributed by atoms with Crippen LogP contribution in [0.4, 0.5) is 0 Å². The van der Waals surface area contributed by atoms with Gasteiger partial charge in [0.1, 0.15) is 17.6 Å². The molecule has 3 fully saturated rings. The number of nitrogens with zero attached hydrogens (tertiary/aromatic N) is 2. The average molecular weight is 519 g/mol. The number of hydrogen-bond donors (Lipinski definition) is 1. The second kappa shape index (κ2) is 13.1. The van der Waals surface area contributed by atoms with Crippen LogP contribution in [0.3, 0.4) is 0 Å². The molecule has 2 bridgehead atoms. The van der Waals surface area contributed by atoms with Gasteiger partial charge in [-0.15, -0.1) is 13.2 Å². The molecule has 1 N–H and O–H groups in total. The predicted octanol–water partition coefficient (Wildman–Crippen LogP) is 3.63. The highest BCUT2D eigenvalue weighted by molar-refractivity contribution is 5.98. The SMILES string of the molecule is C=CCCCCOC(=O)[C@H]1[C@H]2C(=O)N(CCCCCO)C(C(=O)N(CC=C)CCCC)C23CC[C@]1(C)O3. The van der Waals surface area contributed by atoms with Gasteiger partial charge in [-0.1, -0.05) is 25.5 Å². The van der Waals surface area contributed by atoms with E-state index < -0.39 is 35.0 Å². The Hall–Kier alpha value is -2.19. The number of fused-ring (bicyclic) bond motifs is 1. The van der Waals surface area contributed by atoms with Crippen LogP contribution in [0.5, 0.6) is 0 Å². The van der Waals surface area contributed by atoms with Crippen LogP contribution in [-0.2, 0) is 23.9 Å². The molecule has 0 aromatic heterocycles. The van der Waals surface area contributed by atoms with E-state index in [9.17, 15) is 19.5 Å². The van der Waals surface area contributed by atoms with Gasteiger partial charge in [-0.3, -0.25) is 14.4 Å².